The van der Waals surface area contributed by atoms with E-state index in [2.05, 4.69) is 27.8 Å². The molecule has 0 atom stereocenters. The van der Waals surface area contributed by atoms with E-state index in [9.17, 15) is 19.5 Å². The molecule has 3 N–H and O–H groups in total. The van der Waals surface area contributed by atoms with Crippen molar-refractivity contribution < 1.29 is 24.2 Å². The van der Waals surface area contributed by atoms with Crippen LogP contribution in [0.5, 0.6) is 0 Å². The maximum atomic E-state index is 12.5. The Morgan fingerprint density at radius 3 is 2.18 bits per heavy atom. The lowest BCUT2D eigenvalue weighted by Crippen LogP contribution is -2.43. The van der Waals surface area contributed by atoms with Crippen molar-refractivity contribution >= 4 is 23.8 Å². The van der Waals surface area contributed by atoms with E-state index in [-0.39, 0.29) is 24.0 Å². The summed E-state index contributed by atoms with van der Waals surface area (Å²) >= 11 is 0. The molecule has 0 saturated heterocycles. The summed E-state index contributed by atoms with van der Waals surface area (Å²) in [6.45, 7) is 0.154. The molecule has 2 aliphatic carbocycles. The summed E-state index contributed by atoms with van der Waals surface area (Å²) < 4.78 is 5.50. The number of hydrogen-bond donors (Lipinski definition) is 3. The van der Waals surface area contributed by atoms with Crippen molar-refractivity contribution in [3.05, 3.63) is 83.6 Å². The van der Waals surface area contributed by atoms with Crippen molar-refractivity contribution in [3.63, 3.8) is 0 Å². The number of benzene rings is 2. The van der Waals surface area contributed by atoms with E-state index in [4.69, 9.17) is 4.74 Å². The summed E-state index contributed by atoms with van der Waals surface area (Å²) in [6, 6.07) is 20.6. The van der Waals surface area contributed by atoms with Crippen LogP contribution >= 0.6 is 0 Å². The number of hydrogen-bond acceptors (Lipinski definition) is 5. The third kappa shape index (κ3) is 3.91. The lowest BCUT2D eigenvalue weighted by atomic mass is 9.98. The molecule has 0 bridgehead atoms. The van der Waals surface area contributed by atoms with Crippen LogP contribution < -0.4 is 10.6 Å². The maximum absolute atomic E-state index is 12.5. The van der Waals surface area contributed by atoms with Crippen molar-refractivity contribution in [2.45, 2.75) is 24.3 Å². The molecule has 5 rings (SSSR count). The number of nitrogens with one attached hydrogen (secondary N) is 2. The molecule has 2 amide bonds. The first kappa shape index (κ1) is 20.7. The molecule has 33 heavy (non-hydrogen) atoms. The number of aromatic nitrogens is 1. The minimum atomic E-state index is -1.21. The van der Waals surface area contributed by atoms with Gasteiger partial charge in [-0.25, -0.2) is 14.6 Å². The molecule has 2 aliphatic rings. The topological polar surface area (TPSA) is 118 Å². The Morgan fingerprint density at radius 2 is 1.58 bits per heavy atom. The molecule has 8 heteroatoms. The second-order valence-corrected chi connectivity index (χ2v) is 8.20. The highest BCUT2D eigenvalue weighted by molar-refractivity contribution is 5.98. The van der Waals surface area contributed by atoms with Gasteiger partial charge in [0.2, 0.25) is 0 Å². The number of nitrogens with zero attached hydrogens (tertiary/aromatic N) is 1. The summed E-state index contributed by atoms with van der Waals surface area (Å²) in [6.07, 6.45) is 0.0727. The molecule has 1 heterocycles. The van der Waals surface area contributed by atoms with Gasteiger partial charge in [-0.2, -0.15) is 0 Å². The van der Waals surface area contributed by atoms with Crippen molar-refractivity contribution in [3.8, 4) is 11.1 Å². The van der Waals surface area contributed by atoms with Gasteiger partial charge in [-0.1, -0.05) is 54.6 Å². The van der Waals surface area contributed by atoms with Crippen molar-refractivity contribution in [2.24, 2.45) is 0 Å². The quantitative estimate of drug-likeness (QED) is 0.534. The molecule has 8 nitrogen and oxygen atoms in total. The van der Waals surface area contributed by atoms with Gasteiger partial charge >= 0.3 is 12.1 Å². The van der Waals surface area contributed by atoms with Gasteiger partial charge in [0.25, 0.3) is 5.91 Å². The number of pyridine rings is 1. The lowest BCUT2D eigenvalue weighted by Gasteiger charge is -2.15. The predicted octanol–water partition coefficient (Wildman–Crippen LogP) is 3.79. The molecular weight excluding hydrogens is 422 g/mol. The summed E-state index contributed by atoms with van der Waals surface area (Å²) in [7, 11) is 0. The lowest BCUT2D eigenvalue weighted by molar-refractivity contribution is -0.140. The smallest absolute Gasteiger partial charge is 0.412 e. The zero-order valence-electron chi connectivity index (χ0n) is 17.6. The monoisotopic (exact) mass is 443 g/mol. The first-order valence-electron chi connectivity index (χ1n) is 10.6. The second-order valence-electron chi connectivity index (χ2n) is 8.20. The number of carboxylic acid groups (broad SMARTS) is 1. The largest absolute Gasteiger partial charge is 0.480 e. The van der Waals surface area contributed by atoms with Gasteiger partial charge in [-0.3, -0.25) is 10.1 Å². The van der Waals surface area contributed by atoms with E-state index in [0.29, 0.717) is 12.8 Å². The SMILES string of the molecule is O=C(Nc1cccc(C(=O)NC2(C(=O)O)CC2)n1)OCC1c2ccccc2-c2ccccc21. The Morgan fingerprint density at radius 1 is 0.939 bits per heavy atom. The Bertz CT molecular complexity index is 1220. The fourth-order valence-corrected chi connectivity index (χ4v) is 4.17. The van der Waals surface area contributed by atoms with Crippen LogP contribution in [0.15, 0.2) is 66.7 Å². The average molecular weight is 443 g/mol. The molecule has 0 aliphatic heterocycles. The molecule has 1 aromatic heterocycles. The standard InChI is InChI=1S/C25H21N3O5/c29-22(28-25(12-13-25)23(30)31)20-10-5-11-21(26-20)27-24(32)33-14-19-17-8-3-1-6-15(17)16-7-2-4-9-18(16)19/h1-11,19H,12-14H2,(H,28,29)(H,30,31)(H,26,27,32). The van der Waals surface area contributed by atoms with Crippen LogP contribution in [0.25, 0.3) is 11.1 Å². The van der Waals surface area contributed by atoms with E-state index in [1.807, 2.05) is 36.4 Å². The molecule has 1 fully saturated rings. The van der Waals surface area contributed by atoms with Crippen LogP contribution in [0.3, 0.4) is 0 Å². The fourth-order valence-electron chi connectivity index (χ4n) is 4.17. The summed E-state index contributed by atoms with van der Waals surface area (Å²) in [4.78, 5) is 40.3. The Kier molecular flexibility index (Phi) is 5.05. The van der Waals surface area contributed by atoms with E-state index in [1.54, 1.807) is 6.07 Å². The van der Waals surface area contributed by atoms with Crippen molar-refractivity contribution in [2.75, 3.05) is 11.9 Å². The number of amides is 2. The number of carbonyl (C=O) groups excluding carboxylic acids is 2. The number of ether oxygens (including phenoxy) is 1. The number of anilines is 1. The number of fused-ring (bicyclic) bond motifs is 3. The zero-order chi connectivity index (χ0) is 23.0. The van der Waals surface area contributed by atoms with Crippen LogP contribution in [0, 0.1) is 0 Å². The van der Waals surface area contributed by atoms with Crippen LogP contribution in [-0.4, -0.2) is 40.2 Å². The molecular formula is C25H21N3O5. The average Bonchev–Trinajstić information content (AvgIpc) is 3.54. The van der Waals surface area contributed by atoms with Crippen LogP contribution in [0.2, 0.25) is 0 Å². The molecule has 3 aromatic rings. The van der Waals surface area contributed by atoms with Gasteiger partial charge in [0, 0.05) is 5.92 Å². The molecule has 0 spiro atoms. The van der Waals surface area contributed by atoms with Gasteiger partial charge in [-0.05, 0) is 47.2 Å². The number of rotatable bonds is 6. The van der Waals surface area contributed by atoms with E-state index >= 15 is 0 Å². The first-order chi connectivity index (χ1) is 16.0. The number of carboxylic acids is 1. The summed E-state index contributed by atoms with van der Waals surface area (Å²) in [5.74, 6) is -1.60. The zero-order valence-corrected chi connectivity index (χ0v) is 17.6. The van der Waals surface area contributed by atoms with Crippen molar-refractivity contribution in [1.29, 1.82) is 0 Å². The normalized spacial score (nSPS) is 15.2. The molecule has 0 radical (unpaired) electrons. The van der Waals surface area contributed by atoms with E-state index in [1.165, 1.54) is 12.1 Å². The van der Waals surface area contributed by atoms with Gasteiger partial charge in [0.15, 0.2) is 0 Å². The van der Waals surface area contributed by atoms with E-state index in [0.717, 1.165) is 22.3 Å². The van der Waals surface area contributed by atoms with Gasteiger partial charge in [-0.15, -0.1) is 0 Å². The third-order valence-corrected chi connectivity index (χ3v) is 6.07. The maximum Gasteiger partial charge on any atom is 0.412 e. The van der Waals surface area contributed by atoms with Crippen LogP contribution in [0.1, 0.15) is 40.4 Å². The highest BCUT2D eigenvalue weighted by Crippen LogP contribution is 2.44. The van der Waals surface area contributed by atoms with E-state index < -0.39 is 23.5 Å². The number of carbonyl (C=O) groups is 3. The van der Waals surface area contributed by atoms with Gasteiger partial charge in [0.05, 0.1) is 0 Å². The first-order valence-corrected chi connectivity index (χ1v) is 10.6. The number of aliphatic carboxylic acids is 1. The Balaban J connectivity index is 1.24. The fraction of sp³-hybridized carbons (Fsp3) is 0.200. The van der Waals surface area contributed by atoms with Crippen LogP contribution in [-0.2, 0) is 9.53 Å². The highest BCUT2D eigenvalue weighted by atomic mass is 16.5. The molecule has 1 saturated carbocycles. The molecule has 0 unspecified atom stereocenters. The molecule has 2 aromatic carbocycles. The van der Waals surface area contributed by atoms with Crippen molar-refractivity contribution in [1.82, 2.24) is 10.3 Å². The minimum Gasteiger partial charge on any atom is -0.480 e. The third-order valence-electron chi connectivity index (χ3n) is 6.07. The minimum absolute atomic E-state index is 0.0129. The van der Waals surface area contributed by atoms with Gasteiger partial charge < -0.3 is 15.2 Å². The summed E-state index contributed by atoms with van der Waals surface area (Å²) in [5.41, 5.74) is 3.29. The Hall–Kier alpha value is -4.20. The predicted molar refractivity (Wildman–Crippen MR) is 120 cm³/mol. The second kappa shape index (κ2) is 8.05. The molecule has 166 valence electrons. The van der Waals surface area contributed by atoms with Crippen LogP contribution in [0.4, 0.5) is 10.6 Å². The Labute approximate surface area is 189 Å². The van der Waals surface area contributed by atoms with Gasteiger partial charge in [0.1, 0.15) is 23.7 Å². The highest BCUT2D eigenvalue weighted by Gasteiger charge is 2.51. The summed E-state index contributed by atoms with van der Waals surface area (Å²) in [5, 5.41) is 14.3.